The third kappa shape index (κ3) is 2.62. The van der Waals surface area contributed by atoms with E-state index >= 15 is 0 Å². The Hall–Kier alpha value is -2.41. The minimum absolute atomic E-state index is 0.732. The first-order valence-corrected chi connectivity index (χ1v) is 6.88. The molecule has 0 spiro atoms. The van der Waals surface area contributed by atoms with Gasteiger partial charge in [-0.05, 0) is 23.3 Å². The average molecular weight is 259 g/mol. The molecule has 0 aromatic heterocycles. The van der Waals surface area contributed by atoms with Crippen LogP contribution < -0.4 is 0 Å². The molecule has 0 unspecified atom stereocenters. The number of fused-ring (bicyclic) bond motifs is 1. The molecular weight excluding hydrogens is 242 g/mol. The molecule has 98 valence electrons. The Labute approximate surface area is 119 Å². The highest BCUT2D eigenvalue weighted by atomic mass is 14.7. The van der Waals surface area contributed by atoms with E-state index in [-0.39, 0.29) is 0 Å². The lowest BCUT2D eigenvalue weighted by Gasteiger charge is -2.06. The van der Waals surface area contributed by atoms with E-state index in [0.717, 1.165) is 12.3 Å². The van der Waals surface area contributed by atoms with Crippen molar-refractivity contribution in [1.29, 1.82) is 0 Å². The van der Waals surface area contributed by atoms with Crippen LogP contribution in [0.2, 0.25) is 0 Å². The molecule has 0 heterocycles. The monoisotopic (exact) mass is 259 g/mol. The summed E-state index contributed by atoms with van der Waals surface area (Å²) in [6, 6.07) is 25.2. The van der Waals surface area contributed by atoms with Crippen molar-refractivity contribution in [2.75, 3.05) is 0 Å². The number of hydrogen-bond donors (Lipinski definition) is 0. The van der Waals surface area contributed by atoms with Crippen LogP contribution in [0.25, 0.3) is 10.8 Å². The standard InChI is InChI=1S/C19H17N/c1-15(20-14-16-8-3-2-4-9-16)18-13-7-11-17-10-5-6-12-19(17)18/h2-13H,14H2,1H3/b20-15+. The van der Waals surface area contributed by atoms with Gasteiger partial charge in [-0.2, -0.15) is 0 Å². The van der Waals surface area contributed by atoms with Gasteiger partial charge in [-0.25, -0.2) is 0 Å². The summed E-state index contributed by atoms with van der Waals surface area (Å²) < 4.78 is 0. The molecule has 0 saturated heterocycles. The summed E-state index contributed by atoms with van der Waals surface area (Å²) in [6.45, 7) is 2.82. The van der Waals surface area contributed by atoms with E-state index in [2.05, 4.69) is 73.7 Å². The van der Waals surface area contributed by atoms with Crippen molar-refractivity contribution in [2.24, 2.45) is 4.99 Å². The Morgan fingerprint density at radius 3 is 2.35 bits per heavy atom. The van der Waals surface area contributed by atoms with Crippen molar-refractivity contribution in [3.05, 3.63) is 83.9 Å². The highest BCUT2D eigenvalue weighted by molar-refractivity contribution is 6.09. The van der Waals surface area contributed by atoms with Gasteiger partial charge in [-0.3, -0.25) is 4.99 Å². The van der Waals surface area contributed by atoms with Crippen LogP contribution in [0.15, 0.2) is 77.8 Å². The third-order valence-corrected chi connectivity index (χ3v) is 3.52. The fourth-order valence-corrected chi connectivity index (χ4v) is 2.42. The lowest BCUT2D eigenvalue weighted by atomic mass is 10.0. The summed E-state index contributed by atoms with van der Waals surface area (Å²) in [5, 5.41) is 2.53. The summed E-state index contributed by atoms with van der Waals surface area (Å²) in [6.07, 6.45) is 0. The molecule has 0 fully saturated rings. The van der Waals surface area contributed by atoms with E-state index in [0.29, 0.717) is 0 Å². The molecule has 1 heteroatoms. The molecule has 3 aromatic rings. The van der Waals surface area contributed by atoms with Gasteiger partial charge in [0.25, 0.3) is 0 Å². The molecule has 0 radical (unpaired) electrons. The van der Waals surface area contributed by atoms with Crippen LogP contribution in [-0.2, 0) is 6.54 Å². The smallest absolute Gasteiger partial charge is 0.0643 e. The van der Waals surface area contributed by atoms with Crippen molar-refractivity contribution < 1.29 is 0 Å². The minimum Gasteiger partial charge on any atom is -0.285 e. The van der Waals surface area contributed by atoms with Crippen molar-refractivity contribution in [2.45, 2.75) is 13.5 Å². The van der Waals surface area contributed by atoms with Gasteiger partial charge in [0, 0.05) is 11.3 Å². The zero-order valence-corrected chi connectivity index (χ0v) is 11.6. The second-order valence-corrected chi connectivity index (χ2v) is 4.91. The fraction of sp³-hybridized carbons (Fsp3) is 0.105. The van der Waals surface area contributed by atoms with Gasteiger partial charge in [0.1, 0.15) is 0 Å². The van der Waals surface area contributed by atoms with E-state index in [1.807, 2.05) is 6.07 Å². The summed E-state index contributed by atoms with van der Waals surface area (Å²) in [5.74, 6) is 0. The largest absolute Gasteiger partial charge is 0.285 e. The maximum absolute atomic E-state index is 4.73. The Balaban J connectivity index is 1.94. The maximum Gasteiger partial charge on any atom is 0.0643 e. The first kappa shape index (κ1) is 12.6. The van der Waals surface area contributed by atoms with Crippen molar-refractivity contribution in [3.8, 4) is 0 Å². The van der Waals surface area contributed by atoms with Gasteiger partial charge in [-0.15, -0.1) is 0 Å². The zero-order chi connectivity index (χ0) is 13.8. The van der Waals surface area contributed by atoms with Crippen molar-refractivity contribution in [1.82, 2.24) is 0 Å². The normalized spacial score (nSPS) is 11.8. The topological polar surface area (TPSA) is 12.4 Å². The maximum atomic E-state index is 4.73. The van der Waals surface area contributed by atoms with Gasteiger partial charge < -0.3 is 0 Å². The molecule has 20 heavy (non-hydrogen) atoms. The first-order chi connectivity index (χ1) is 9.84. The van der Waals surface area contributed by atoms with Gasteiger partial charge in [0.2, 0.25) is 0 Å². The number of nitrogens with zero attached hydrogens (tertiary/aromatic N) is 1. The first-order valence-electron chi connectivity index (χ1n) is 6.88. The number of hydrogen-bond acceptors (Lipinski definition) is 1. The molecule has 3 rings (SSSR count). The van der Waals surface area contributed by atoms with Crippen LogP contribution in [0.4, 0.5) is 0 Å². The lowest BCUT2D eigenvalue weighted by molar-refractivity contribution is 1.07. The van der Waals surface area contributed by atoms with Crippen LogP contribution in [0.3, 0.4) is 0 Å². The molecular formula is C19H17N. The van der Waals surface area contributed by atoms with Crippen LogP contribution in [-0.4, -0.2) is 5.71 Å². The SMILES string of the molecule is C/C(=N\Cc1ccccc1)c1cccc2ccccc12. The average Bonchev–Trinajstić information content (AvgIpc) is 2.53. The predicted octanol–water partition coefficient (Wildman–Crippen LogP) is 4.85. The quantitative estimate of drug-likeness (QED) is 0.596. The Bertz CT molecular complexity index is 737. The second kappa shape index (κ2) is 5.70. The molecule has 0 N–H and O–H groups in total. The Kier molecular flexibility index (Phi) is 3.60. The molecule has 0 amide bonds. The molecule has 0 saturated carbocycles. The number of rotatable bonds is 3. The van der Waals surface area contributed by atoms with E-state index in [4.69, 9.17) is 4.99 Å². The van der Waals surface area contributed by atoms with Crippen LogP contribution in [0.1, 0.15) is 18.1 Å². The third-order valence-electron chi connectivity index (χ3n) is 3.52. The predicted molar refractivity (Wildman–Crippen MR) is 86.3 cm³/mol. The minimum atomic E-state index is 0.732. The second-order valence-electron chi connectivity index (χ2n) is 4.91. The molecule has 0 aliphatic carbocycles. The molecule has 3 aromatic carbocycles. The number of benzene rings is 3. The van der Waals surface area contributed by atoms with Gasteiger partial charge in [0.05, 0.1) is 6.54 Å². The molecule has 1 nitrogen and oxygen atoms in total. The van der Waals surface area contributed by atoms with Crippen molar-refractivity contribution >= 4 is 16.5 Å². The molecule has 0 aliphatic rings. The summed E-state index contributed by atoms with van der Waals surface area (Å²) in [7, 11) is 0. The zero-order valence-electron chi connectivity index (χ0n) is 11.6. The Morgan fingerprint density at radius 2 is 1.50 bits per heavy atom. The van der Waals surface area contributed by atoms with Crippen molar-refractivity contribution in [3.63, 3.8) is 0 Å². The van der Waals surface area contributed by atoms with E-state index in [9.17, 15) is 0 Å². The molecule has 0 bridgehead atoms. The van der Waals surface area contributed by atoms with Crippen LogP contribution >= 0.6 is 0 Å². The summed E-state index contributed by atoms with van der Waals surface area (Å²) in [5.41, 5.74) is 3.55. The van der Waals surface area contributed by atoms with Crippen LogP contribution in [0, 0.1) is 0 Å². The van der Waals surface area contributed by atoms with E-state index in [1.54, 1.807) is 0 Å². The molecule has 0 aliphatic heterocycles. The summed E-state index contributed by atoms with van der Waals surface area (Å²) >= 11 is 0. The number of aliphatic imine (C=N–C) groups is 1. The molecule has 0 atom stereocenters. The van der Waals surface area contributed by atoms with Gasteiger partial charge in [-0.1, -0.05) is 72.8 Å². The van der Waals surface area contributed by atoms with Gasteiger partial charge in [0.15, 0.2) is 0 Å². The summed E-state index contributed by atoms with van der Waals surface area (Å²) in [4.78, 5) is 4.73. The van der Waals surface area contributed by atoms with E-state index in [1.165, 1.54) is 21.9 Å². The lowest BCUT2D eigenvalue weighted by Crippen LogP contribution is -1.97. The van der Waals surface area contributed by atoms with Crippen LogP contribution in [0.5, 0.6) is 0 Å². The van der Waals surface area contributed by atoms with E-state index < -0.39 is 0 Å². The van der Waals surface area contributed by atoms with Gasteiger partial charge >= 0.3 is 0 Å². The Morgan fingerprint density at radius 1 is 0.800 bits per heavy atom. The fourth-order valence-electron chi connectivity index (χ4n) is 2.42. The highest BCUT2D eigenvalue weighted by Gasteiger charge is 2.02. The highest BCUT2D eigenvalue weighted by Crippen LogP contribution is 2.19.